The Labute approximate surface area is 129 Å². The van der Waals surface area contributed by atoms with Crippen LogP contribution < -0.4 is 5.32 Å². The van der Waals surface area contributed by atoms with Crippen LogP contribution >= 0.6 is 0 Å². The summed E-state index contributed by atoms with van der Waals surface area (Å²) < 4.78 is 0. The highest BCUT2D eigenvalue weighted by Crippen LogP contribution is 2.40. The number of piperidine rings is 1. The highest BCUT2D eigenvalue weighted by atomic mass is 16.3. The fourth-order valence-corrected chi connectivity index (χ4v) is 3.93. The number of nitrogens with zero attached hydrogens (tertiary/aromatic N) is 1. The molecule has 2 N–H and O–H groups in total. The first-order valence-corrected chi connectivity index (χ1v) is 8.77. The molecule has 2 fully saturated rings. The van der Waals surface area contributed by atoms with Crippen LogP contribution in [0.2, 0.25) is 0 Å². The molecule has 122 valence electrons. The van der Waals surface area contributed by atoms with E-state index in [-0.39, 0.29) is 18.0 Å². The maximum Gasteiger partial charge on any atom is 0.237 e. The van der Waals surface area contributed by atoms with Crippen LogP contribution in [0.5, 0.6) is 0 Å². The molecular formula is C17H32N2O2. The van der Waals surface area contributed by atoms with Gasteiger partial charge in [-0.2, -0.15) is 0 Å². The van der Waals surface area contributed by atoms with Gasteiger partial charge >= 0.3 is 0 Å². The number of rotatable bonds is 5. The van der Waals surface area contributed by atoms with Gasteiger partial charge in [0.15, 0.2) is 0 Å². The highest BCUT2D eigenvalue weighted by molar-refractivity contribution is 5.81. The average molecular weight is 296 g/mol. The van der Waals surface area contributed by atoms with Gasteiger partial charge in [-0.05, 0) is 39.0 Å². The van der Waals surface area contributed by atoms with Crippen molar-refractivity contribution >= 4 is 5.91 Å². The van der Waals surface area contributed by atoms with E-state index in [1.165, 1.54) is 6.42 Å². The molecule has 2 rings (SSSR count). The molecule has 2 aliphatic rings. The van der Waals surface area contributed by atoms with E-state index < -0.39 is 5.60 Å². The molecule has 3 unspecified atom stereocenters. The molecule has 0 aromatic heterocycles. The van der Waals surface area contributed by atoms with Crippen LogP contribution in [-0.2, 0) is 4.79 Å². The van der Waals surface area contributed by atoms with Crippen molar-refractivity contribution in [2.24, 2.45) is 5.92 Å². The molecule has 0 aromatic rings. The molecule has 4 heteroatoms. The summed E-state index contributed by atoms with van der Waals surface area (Å²) in [5, 5.41) is 13.9. The Morgan fingerprint density at radius 2 is 2.05 bits per heavy atom. The van der Waals surface area contributed by atoms with Crippen LogP contribution in [0.4, 0.5) is 0 Å². The zero-order valence-electron chi connectivity index (χ0n) is 13.9. The van der Waals surface area contributed by atoms with Crippen LogP contribution in [-0.4, -0.2) is 46.7 Å². The van der Waals surface area contributed by atoms with Gasteiger partial charge in [0, 0.05) is 25.0 Å². The Bertz CT molecular complexity index is 357. The smallest absolute Gasteiger partial charge is 0.237 e. The van der Waals surface area contributed by atoms with E-state index in [9.17, 15) is 9.90 Å². The third-order valence-corrected chi connectivity index (χ3v) is 5.72. The zero-order valence-corrected chi connectivity index (χ0v) is 13.9. The van der Waals surface area contributed by atoms with Gasteiger partial charge in [0.05, 0.1) is 11.6 Å². The lowest BCUT2D eigenvalue weighted by atomic mass is 9.71. The van der Waals surface area contributed by atoms with E-state index >= 15 is 0 Å². The van der Waals surface area contributed by atoms with E-state index in [1.54, 1.807) is 0 Å². The maximum absolute atomic E-state index is 12.4. The number of carbonyl (C=O) groups excluding carboxylic acids is 1. The lowest BCUT2D eigenvalue weighted by Crippen LogP contribution is -2.58. The van der Waals surface area contributed by atoms with E-state index in [0.717, 1.165) is 51.6 Å². The second-order valence-electron chi connectivity index (χ2n) is 6.99. The van der Waals surface area contributed by atoms with Crippen molar-refractivity contribution in [2.45, 2.75) is 83.4 Å². The summed E-state index contributed by atoms with van der Waals surface area (Å²) in [5.74, 6) is 0.494. The molecule has 4 nitrogen and oxygen atoms in total. The summed E-state index contributed by atoms with van der Waals surface area (Å²) in [7, 11) is 0. The molecule has 1 saturated carbocycles. The minimum atomic E-state index is -0.458. The lowest BCUT2D eigenvalue weighted by molar-refractivity contribution is -0.134. The topological polar surface area (TPSA) is 52.6 Å². The molecule has 1 aliphatic carbocycles. The standard InChI is InChI=1S/C17H32N2O2/c1-4-15(5-2)18-16(20)13(3)19-11-10-17(21)9-7-6-8-14(17)12-19/h13-15,21H,4-12H2,1-3H3,(H,18,20). The Morgan fingerprint density at radius 3 is 2.71 bits per heavy atom. The molecule has 1 amide bonds. The largest absolute Gasteiger partial charge is 0.390 e. The minimum Gasteiger partial charge on any atom is -0.390 e. The number of nitrogens with one attached hydrogen (secondary N) is 1. The van der Waals surface area contributed by atoms with Gasteiger partial charge in [0.2, 0.25) is 5.91 Å². The minimum absolute atomic E-state index is 0.0860. The van der Waals surface area contributed by atoms with Gasteiger partial charge in [-0.25, -0.2) is 0 Å². The SMILES string of the molecule is CCC(CC)NC(=O)C(C)N1CCC2(O)CCCCC2C1. The second-order valence-corrected chi connectivity index (χ2v) is 6.99. The Balaban J connectivity index is 1.91. The van der Waals surface area contributed by atoms with Crippen molar-refractivity contribution in [1.82, 2.24) is 10.2 Å². The van der Waals surface area contributed by atoms with Crippen molar-refractivity contribution in [1.29, 1.82) is 0 Å². The molecule has 1 saturated heterocycles. The Kier molecular flexibility index (Phi) is 5.67. The van der Waals surface area contributed by atoms with Crippen molar-refractivity contribution < 1.29 is 9.90 Å². The molecule has 3 atom stereocenters. The Morgan fingerprint density at radius 1 is 1.33 bits per heavy atom. The number of aliphatic hydroxyl groups is 1. The van der Waals surface area contributed by atoms with Gasteiger partial charge in [-0.15, -0.1) is 0 Å². The highest BCUT2D eigenvalue weighted by Gasteiger charge is 2.44. The number of hydrogen-bond acceptors (Lipinski definition) is 3. The third-order valence-electron chi connectivity index (χ3n) is 5.72. The molecule has 0 aromatic carbocycles. The lowest BCUT2D eigenvalue weighted by Gasteiger charge is -2.48. The van der Waals surface area contributed by atoms with Gasteiger partial charge in [0.1, 0.15) is 0 Å². The molecule has 0 bridgehead atoms. The molecular weight excluding hydrogens is 264 g/mol. The predicted molar refractivity (Wildman–Crippen MR) is 85.1 cm³/mol. The zero-order chi connectivity index (χ0) is 15.5. The van der Waals surface area contributed by atoms with E-state index in [0.29, 0.717) is 5.92 Å². The van der Waals surface area contributed by atoms with Crippen LogP contribution in [0, 0.1) is 5.92 Å². The summed E-state index contributed by atoms with van der Waals surface area (Å²) in [6, 6.07) is 0.202. The molecule has 0 spiro atoms. The van der Waals surface area contributed by atoms with Crippen molar-refractivity contribution in [3.05, 3.63) is 0 Å². The van der Waals surface area contributed by atoms with Gasteiger partial charge < -0.3 is 10.4 Å². The van der Waals surface area contributed by atoms with Crippen LogP contribution in [0.15, 0.2) is 0 Å². The first-order chi connectivity index (χ1) is 10.00. The number of likely N-dealkylation sites (tertiary alicyclic amines) is 1. The number of hydrogen-bond donors (Lipinski definition) is 2. The fraction of sp³-hybridized carbons (Fsp3) is 0.941. The summed E-state index contributed by atoms with van der Waals surface area (Å²) in [6.45, 7) is 7.94. The van der Waals surface area contributed by atoms with Gasteiger partial charge in [-0.3, -0.25) is 9.69 Å². The molecule has 0 radical (unpaired) electrons. The molecule has 1 heterocycles. The summed E-state index contributed by atoms with van der Waals surface area (Å²) in [6.07, 6.45) is 7.20. The number of carbonyl (C=O) groups is 1. The Hall–Kier alpha value is -0.610. The van der Waals surface area contributed by atoms with Crippen molar-refractivity contribution in [2.75, 3.05) is 13.1 Å². The summed E-state index contributed by atoms with van der Waals surface area (Å²) in [4.78, 5) is 14.7. The van der Waals surface area contributed by atoms with Crippen molar-refractivity contribution in [3.8, 4) is 0 Å². The van der Waals surface area contributed by atoms with E-state index in [2.05, 4.69) is 24.1 Å². The van der Waals surface area contributed by atoms with E-state index in [4.69, 9.17) is 0 Å². The first kappa shape index (κ1) is 16.8. The average Bonchev–Trinajstić information content (AvgIpc) is 2.50. The maximum atomic E-state index is 12.4. The fourth-order valence-electron chi connectivity index (χ4n) is 3.93. The second kappa shape index (κ2) is 7.10. The molecule has 21 heavy (non-hydrogen) atoms. The van der Waals surface area contributed by atoms with Crippen LogP contribution in [0.3, 0.4) is 0 Å². The predicted octanol–water partition coefficient (Wildman–Crippen LogP) is 2.31. The quantitative estimate of drug-likeness (QED) is 0.818. The van der Waals surface area contributed by atoms with E-state index in [1.807, 2.05) is 6.92 Å². The van der Waals surface area contributed by atoms with Crippen molar-refractivity contribution in [3.63, 3.8) is 0 Å². The van der Waals surface area contributed by atoms with Gasteiger partial charge in [-0.1, -0.05) is 26.7 Å². The molecule has 1 aliphatic heterocycles. The van der Waals surface area contributed by atoms with Gasteiger partial charge in [0.25, 0.3) is 0 Å². The monoisotopic (exact) mass is 296 g/mol. The summed E-state index contributed by atoms with van der Waals surface area (Å²) >= 11 is 0. The number of amides is 1. The van der Waals surface area contributed by atoms with Crippen LogP contribution in [0.1, 0.15) is 65.7 Å². The third kappa shape index (κ3) is 3.78. The first-order valence-electron chi connectivity index (χ1n) is 8.77. The number of fused-ring (bicyclic) bond motifs is 1. The van der Waals surface area contributed by atoms with Crippen LogP contribution in [0.25, 0.3) is 0 Å². The normalized spacial score (nSPS) is 31.8. The summed E-state index contributed by atoms with van der Waals surface area (Å²) in [5.41, 5.74) is -0.458.